The lowest BCUT2D eigenvalue weighted by Gasteiger charge is -2.33. The van der Waals surface area contributed by atoms with E-state index in [1.54, 1.807) is 0 Å². The van der Waals surface area contributed by atoms with Crippen LogP contribution in [0, 0.1) is 0 Å². The number of nitrogens with zero attached hydrogens (tertiary/aromatic N) is 3. The van der Waals surface area contributed by atoms with E-state index in [4.69, 9.17) is 4.74 Å². The quantitative estimate of drug-likeness (QED) is 0.400. The first kappa shape index (κ1) is 19.5. The van der Waals surface area contributed by atoms with Gasteiger partial charge in [-0.1, -0.05) is 25.1 Å². The fraction of sp³-hybridized carbons (Fsp3) is 0.632. The first-order chi connectivity index (χ1) is 12.3. The lowest BCUT2D eigenvalue weighted by atomic mass is 10.3. The van der Waals surface area contributed by atoms with Crippen molar-refractivity contribution in [2.24, 2.45) is 4.99 Å². The Hall–Kier alpha value is -1.79. The predicted molar refractivity (Wildman–Crippen MR) is 104 cm³/mol. The van der Waals surface area contributed by atoms with E-state index in [9.17, 15) is 0 Å². The van der Waals surface area contributed by atoms with Crippen molar-refractivity contribution in [2.45, 2.75) is 13.8 Å². The maximum atomic E-state index is 5.70. The molecule has 0 radical (unpaired) electrons. The molecule has 1 aromatic carbocycles. The molecule has 0 saturated carbocycles. The van der Waals surface area contributed by atoms with E-state index in [0.29, 0.717) is 6.61 Å². The number of likely N-dealkylation sites (N-methyl/N-ethyl adjacent to an activating group) is 1. The SMILES string of the molecule is CCNC(=NCCN1CCN(CC)CC1)NCCOc1ccccc1. The summed E-state index contributed by atoms with van der Waals surface area (Å²) >= 11 is 0. The number of para-hydroxylation sites is 1. The summed E-state index contributed by atoms with van der Waals surface area (Å²) in [6.45, 7) is 14.2. The van der Waals surface area contributed by atoms with Crippen molar-refractivity contribution in [3.8, 4) is 5.75 Å². The highest BCUT2D eigenvalue weighted by Gasteiger charge is 2.14. The maximum Gasteiger partial charge on any atom is 0.191 e. The Bertz CT molecular complexity index is 486. The van der Waals surface area contributed by atoms with Crippen molar-refractivity contribution in [3.63, 3.8) is 0 Å². The maximum absolute atomic E-state index is 5.70. The standard InChI is InChI=1S/C19H33N5O/c1-3-20-19(22-11-17-25-18-8-6-5-7-9-18)21-10-12-24-15-13-23(4-2)14-16-24/h5-9H,3-4,10-17H2,1-2H3,(H2,20,21,22). The number of hydrogen-bond donors (Lipinski definition) is 2. The van der Waals surface area contributed by atoms with Gasteiger partial charge in [-0.05, 0) is 25.6 Å². The van der Waals surface area contributed by atoms with Gasteiger partial charge in [0, 0.05) is 39.3 Å². The predicted octanol–water partition coefficient (Wildman–Crippen LogP) is 1.26. The molecule has 0 aromatic heterocycles. The van der Waals surface area contributed by atoms with Crippen LogP contribution in [-0.4, -0.2) is 81.3 Å². The first-order valence-corrected chi connectivity index (χ1v) is 9.46. The molecule has 0 spiro atoms. The fourth-order valence-corrected chi connectivity index (χ4v) is 2.83. The minimum atomic E-state index is 0.618. The molecular weight excluding hydrogens is 314 g/mol. The number of benzene rings is 1. The second-order valence-corrected chi connectivity index (χ2v) is 6.12. The molecule has 2 N–H and O–H groups in total. The zero-order chi connectivity index (χ0) is 17.7. The third-order valence-electron chi connectivity index (χ3n) is 4.35. The average molecular weight is 348 g/mol. The van der Waals surface area contributed by atoms with Gasteiger partial charge in [-0.25, -0.2) is 0 Å². The largest absolute Gasteiger partial charge is 0.492 e. The lowest BCUT2D eigenvalue weighted by molar-refractivity contribution is 0.140. The van der Waals surface area contributed by atoms with E-state index >= 15 is 0 Å². The van der Waals surface area contributed by atoms with Crippen LogP contribution in [0.25, 0.3) is 0 Å². The molecule has 1 aliphatic heterocycles. The molecule has 0 amide bonds. The van der Waals surface area contributed by atoms with Crippen LogP contribution in [0.4, 0.5) is 0 Å². The molecule has 0 unspecified atom stereocenters. The number of aliphatic imine (C=N–C) groups is 1. The van der Waals surface area contributed by atoms with E-state index in [0.717, 1.165) is 57.5 Å². The molecule has 1 saturated heterocycles. The summed E-state index contributed by atoms with van der Waals surface area (Å²) < 4.78 is 5.70. The van der Waals surface area contributed by atoms with Gasteiger partial charge in [-0.15, -0.1) is 0 Å². The molecule has 0 aliphatic carbocycles. The Morgan fingerprint density at radius 2 is 1.76 bits per heavy atom. The van der Waals surface area contributed by atoms with E-state index in [2.05, 4.69) is 39.3 Å². The average Bonchev–Trinajstić information content (AvgIpc) is 2.66. The Morgan fingerprint density at radius 1 is 1.04 bits per heavy atom. The number of piperazine rings is 1. The highest BCUT2D eigenvalue weighted by atomic mass is 16.5. The van der Waals surface area contributed by atoms with Gasteiger partial charge in [0.1, 0.15) is 12.4 Å². The molecular formula is C19H33N5O. The summed E-state index contributed by atoms with van der Waals surface area (Å²) in [6.07, 6.45) is 0. The normalized spacial score (nSPS) is 16.6. The number of nitrogens with one attached hydrogen (secondary N) is 2. The zero-order valence-electron chi connectivity index (χ0n) is 15.7. The Morgan fingerprint density at radius 3 is 2.44 bits per heavy atom. The molecule has 6 nitrogen and oxygen atoms in total. The summed E-state index contributed by atoms with van der Waals surface area (Å²) in [4.78, 5) is 9.67. The number of ether oxygens (including phenoxy) is 1. The van der Waals surface area contributed by atoms with E-state index in [1.165, 1.54) is 13.1 Å². The van der Waals surface area contributed by atoms with Gasteiger partial charge in [0.2, 0.25) is 0 Å². The Balaban J connectivity index is 1.64. The number of guanidine groups is 1. The Labute approximate surface area is 152 Å². The number of hydrogen-bond acceptors (Lipinski definition) is 4. The molecule has 1 fully saturated rings. The molecule has 2 rings (SSSR count). The molecule has 1 aliphatic rings. The lowest BCUT2D eigenvalue weighted by Crippen LogP contribution is -2.47. The molecule has 1 heterocycles. The summed E-state index contributed by atoms with van der Waals surface area (Å²) in [5.74, 6) is 1.77. The molecule has 1 aromatic rings. The molecule has 6 heteroatoms. The van der Waals surface area contributed by atoms with E-state index in [-0.39, 0.29) is 0 Å². The molecule has 0 atom stereocenters. The molecule has 140 valence electrons. The van der Waals surface area contributed by atoms with Gasteiger partial charge in [-0.2, -0.15) is 0 Å². The van der Waals surface area contributed by atoms with Gasteiger partial charge in [0.15, 0.2) is 5.96 Å². The minimum absolute atomic E-state index is 0.618. The molecule has 25 heavy (non-hydrogen) atoms. The fourth-order valence-electron chi connectivity index (χ4n) is 2.83. The van der Waals surface area contributed by atoms with Crippen LogP contribution in [0.3, 0.4) is 0 Å². The van der Waals surface area contributed by atoms with Gasteiger partial charge in [-0.3, -0.25) is 9.89 Å². The van der Waals surface area contributed by atoms with Crippen LogP contribution >= 0.6 is 0 Å². The minimum Gasteiger partial charge on any atom is -0.492 e. The van der Waals surface area contributed by atoms with Crippen molar-refractivity contribution >= 4 is 5.96 Å². The Kier molecular flexibility index (Phi) is 9.15. The summed E-state index contributed by atoms with van der Waals surface area (Å²) in [5.41, 5.74) is 0. The van der Waals surface area contributed by atoms with Crippen LogP contribution in [-0.2, 0) is 0 Å². The van der Waals surface area contributed by atoms with Crippen LogP contribution in [0.15, 0.2) is 35.3 Å². The summed E-state index contributed by atoms with van der Waals surface area (Å²) in [7, 11) is 0. The highest BCUT2D eigenvalue weighted by molar-refractivity contribution is 5.79. The molecule has 0 bridgehead atoms. The van der Waals surface area contributed by atoms with Gasteiger partial charge >= 0.3 is 0 Å². The van der Waals surface area contributed by atoms with Gasteiger partial charge < -0.3 is 20.3 Å². The highest BCUT2D eigenvalue weighted by Crippen LogP contribution is 2.07. The summed E-state index contributed by atoms with van der Waals surface area (Å²) in [5, 5.41) is 6.62. The third-order valence-corrected chi connectivity index (χ3v) is 4.35. The van der Waals surface area contributed by atoms with E-state index < -0.39 is 0 Å². The smallest absolute Gasteiger partial charge is 0.191 e. The van der Waals surface area contributed by atoms with Crippen molar-refractivity contribution in [3.05, 3.63) is 30.3 Å². The van der Waals surface area contributed by atoms with Gasteiger partial charge in [0.25, 0.3) is 0 Å². The monoisotopic (exact) mass is 347 g/mol. The third kappa shape index (κ3) is 7.75. The van der Waals surface area contributed by atoms with Crippen molar-refractivity contribution < 1.29 is 4.74 Å². The van der Waals surface area contributed by atoms with E-state index in [1.807, 2.05) is 30.3 Å². The zero-order valence-corrected chi connectivity index (χ0v) is 15.7. The van der Waals surface area contributed by atoms with Crippen LogP contribution in [0.1, 0.15) is 13.8 Å². The summed E-state index contributed by atoms with van der Waals surface area (Å²) in [6, 6.07) is 9.89. The van der Waals surface area contributed by atoms with Crippen molar-refractivity contribution in [2.75, 3.05) is 65.5 Å². The first-order valence-electron chi connectivity index (χ1n) is 9.46. The van der Waals surface area contributed by atoms with Crippen LogP contribution in [0.5, 0.6) is 5.75 Å². The van der Waals surface area contributed by atoms with Gasteiger partial charge in [0.05, 0.1) is 13.1 Å². The van der Waals surface area contributed by atoms with Crippen molar-refractivity contribution in [1.29, 1.82) is 0 Å². The number of rotatable bonds is 9. The topological polar surface area (TPSA) is 52.1 Å². The second kappa shape index (κ2) is 11.7. The second-order valence-electron chi connectivity index (χ2n) is 6.12. The van der Waals surface area contributed by atoms with Crippen molar-refractivity contribution in [1.82, 2.24) is 20.4 Å². The van der Waals surface area contributed by atoms with Crippen LogP contribution in [0.2, 0.25) is 0 Å². The van der Waals surface area contributed by atoms with Crippen LogP contribution < -0.4 is 15.4 Å².